The molecule has 3 aromatic rings. The van der Waals surface area contributed by atoms with E-state index in [9.17, 15) is 9.59 Å². The molecule has 0 fully saturated rings. The van der Waals surface area contributed by atoms with Crippen LogP contribution in [-0.4, -0.2) is 21.3 Å². The van der Waals surface area contributed by atoms with Crippen LogP contribution in [0.5, 0.6) is 0 Å². The number of fused-ring (bicyclic) bond motifs is 1. The Labute approximate surface area is 156 Å². The largest absolute Gasteiger partial charge is 0.329 e. The topological polar surface area (TPSA) is 80.9 Å². The Morgan fingerprint density at radius 1 is 1.19 bits per heavy atom. The number of hydrogen-bond acceptors (Lipinski definition) is 4. The summed E-state index contributed by atoms with van der Waals surface area (Å²) in [4.78, 5) is 28.2. The number of aromatic nitrogens is 2. The molecule has 0 aliphatic carbocycles. The van der Waals surface area contributed by atoms with Gasteiger partial charge in [0.2, 0.25) is 0 Å². The fraction of sp³-hybridized carbons (Fsp3) is 0.300. The van der Waals surface area contributed by atoms with Gasteiger partial charge in [-0.15, -0.1) is 11.8 Å². The number of para-hydroxylation sites is 1. The number of nitrogens with two attached hydrogens (primary N) is 1. The summed E-state index contributed by atoms with van der Waals surface area (Å²) in [5.74, 6) is 0. The summed E-state index contributed by atoms with van der Waals surface area (Å²) in [7, 11) is 0. The molecule has 3 N–H and O–H groups in total. The van der Waals surface area contributed by atoms with Crippen LogP contribution in [0.25, 0.3) is 10.9 Å². The molecular formula is C20H23N3O2S. The average Bonchev–Trinajstić information content (AvgIpc) is 2.61. The second-order valence-electron chi connectivity index (χ2n) is 6.60. The molecule has 0 saturated heterocycles. The van der Waals surface area contributed by atoms with E-state index in [0.717, 1.165) is 16.0 Å². The van der Waals surface area contributed by atoms with Crippen molar-refractivity contribution in [3.8, 4) is 0 Å². The van der Waals surface area contributed by atoms with Crippen molar-refractivity contribution in [3.05, 3.63) is 73.9 Å². The van der Waals surface area contributed by atoms with Gasteiger partial charge in [-0.25, -0.2) is 4.79 Å². The van der Waals surface area contributed by atoms with Crippen molar-refractivity contribution >= 4 is 22.7 Å². The van der Waals surface area contributed by atoms with Gasteiger partial charge in [0.15, 0.2) is 0 Å². The average molecular weight is 369 g/mol. The lowest BCUT2D eigenvalue weighted by atomic mass is 10.1. The highest BCUT2D eigenvalue weighted by atomic mass is 32.2. The number of hydrogen-bond donors (Lipinski definition) is 2. The number of thioether (sulfide) groups is 1. The Hall–Kier alpha value is -2.31. The zero-order chi connectivity index (χ0) is 18.8. The molecule has 5 nitrogen and oxygen atoms in total. The maximum absolute atomic E-state index is 12.5. The van der Waals surface area contributed by atoms with Crippen LogP contribution in [0.1, 0.15) is 23.6 Å². The molecule has 0 bridgehead atoms. The predicted octanol–water partition coefficient (Wildman–Crippen LogP) is 2.79. The zero-order valence-corrected chi connectivity index (χ0v) is 16.0. The van der Waals surface area contributed by atoms with Crippen molar-refractivity contribution in [2.75, 3.05) is 6.54 Å². The standard InChI is InChI=1S/C20H23N3O2S/c1-12-8-13(2)18(26-14(3)10-21)15(9-12)11-23-17-7-5-4-6-16(17)19(24)22-20(23)25/h4-9,14H,10-11,21H2,1-3H3,(H,22,24,25). The maximum Gasteiger partial charge on any atom is 0.329 e. The summed E-state index contributed by atoms with van der Waals surface area (Å²) < 4.78 is 1.63. The fourth-order valence-corrected chi connectivity index (χ4v) is 4.17. The van der Waals surface area contributed by atoms with Gasteiger partial charge in [-0.05, 0) is 37.1 Å². The first-order valence-electron chi connectivity index (χ1n) is 8.59. The molecule has 1 heterocycles. The van der Waals surface area contributed by atoms with Gasteiger partial charge < -0.3 is 5.73 Å². The molecule has 0 saturated carbocycles. The van der Waals surface area contributed by atoms with Crippen LogP contribution in [-0.2, 0) is 6.54 Å². The predicted molar refractivity (Wildman–Crippen MR) is 108 cm³/mol. The molecule has 6 heteroatoms. The number of benzene rings is 2. The van der Waals surface area contributed by atoms with E-state index in [1.54, 1.807) is 28.5 Å². The number of rotatable bonds is 5. The van der Waals surface area contributed by atoms with Crippen LogP contribution in [0.4, 0.5) is 0 Å². The summed E-state index contributed by atoms with van der Waals surface area (Å²) in [6, 6.07) is 11.4. The Kier molecular flexibility index (Phi) is 5.34. The minimum Gasteiger partial charge on any atom is -0.329 e. The lowest BCUT2D eigenvalue weighted by Crippen LogP contribution is -2.30. The number of H-pyrrole nitrogens is 1. The van der Waals surface area contributed by atoms with Gasteiger partial charge in [0.25, 0.3) is 5.56 Å². The van der Waals surface area contributed by atoms with E-state index < -0.39 is 5.69 Å². The van der Waals surface area contributed by atoms with Gasteiger partial charge >= 0.3 is 5.69 Å². The number of aromatic amines is 1. The van der Waals surface area contributed by atoms with Crippen LogP contribution in [0.3, 0.4) is 0 Å². The quantitative estimate of drug-likeness (QED) is 0.678. The van der Waals surface area contributed by atoms with Gasteiger partial charge in [-0.3, -0.25) is 14.3 Å². The lowest BCUT2D eigenvalue weighted by molar-refractivity contribution is 0.743. The molecule has 136 valence electrons. The zero-order valence-electron chi connectivity index (χ0n) is 15.2. The normalized spacial score (nSPS) is 12.5. The number of nitrogens with one attached hydrogen (secondary N) is 1. The highest BCUT2D eigenvalue weighted by Crippen LogP contribution is 2.31. The number of nitrogens with zero attached hydrogens (tertiary/aromatic N) is 1. The molecule has 1 aromatic heterocycles. The molecule has 0 aliphatic heterocycles. The van der Waals surface area contributed by atoms with E-state index in [1.807, 2.05) is 19.1 Å². The molecule has 1 unspecified atom stereocenters. The van der Waals surface area contributed by atoms with Crippen molar-refractivity contribution < 1.29 is 0 Å². The molecule has 0 spiro atoms. The first kappa shape index (κ1) is 18.5. The molecule has 1 atom stereocenters. The third-order valence-electron chi connectivity index (χ3n) is 4.38. The summed E-state index contributed by atoms with van der Waals surface area (Å²) in [5.41, 5.74) is 9.08. The smallest absolute Gasteiger partial charge is 0.329 e. The second-order valence-corrected chi connectivity index (χ2v) is 8.05. The van der Waals surface area contributed by atoms with Gasteiger partial charge in [0, 0.05) is 16.7 Å². The van der Waals surface area contributed by atoms with Crippen molar-refractivity contribution in [2.24, 2.45) is 5.73 Å². The van der Waals surface area contributed by atoms with Crippen molar-refractivity contribution in [1.29, 1.82) is 0 Å². The molecule has 3 rings (SSSR count). The molecule has 0 aliphatic rings. The third kappa shape index (κ3) is 3.61. The SMILES string of the molecule is Cc1cc(C)c(SC(C)CN)c(Cn2c(=O)[nH]c(=O)c3ccccc32)c1. The lowest BCUT2D eigenvalue weighted by Gasteiger charge is -2.18. The summed E-state index contributed by atoms with van der Waals surface area (Å²) in [6.45, 7) is 7.20. The van der Waals surface area contributed by atoms with Gasteiger partial charge in [0.05, 0.1) is 17.4 Å². The highest BCUT2D eigenvalue weighted by Gasteiger charge is 2.14. The summed E-state index contributed by atoms with van der Waals surface area (Å²) in [5, 5.41) is 0.792. The van der Waals surface area contributed by atoms with Gasteiger partial charge in [-0.2, -0.15) is 0 Å². The van der Waals surface area contributed by atoms with E-state index in [2.05, 4.69) is 31.0 Å². The van der Waals surface area contributed by atoms with Crippen LogP contribution in [0, 0.1) is 13.8 Å². The minimum absolute atomic E-state index is 0.277. The monoisotopic (exact) mass is 369 g/mol. The van der Waals surface area contributed by atoms with Crippen LogP contribution >= 0.6 is 11.8 Å². The minimum atomic E-state index is -0.393. The van der Waals surface area contributed by atoms with Gasteiger partial charge in [0.1, 0.15) is 0 Å². The van der Waals surface area contributed by atoms with E-state index in [4.69, 9.17) is 5.73 Å². The molecule has 2 aromatic carbocycles. The van der Waals surface area contributed by atoms with E-state index in [-0.39, 0.29) is 10.8 Å². The van der Waals surface area contributed by atoms with Gasteiger partial charge in [-0.1, -0.05) is 36.8 Å². The third-order valence-corrected chi connectivity index (χ3v) is 5.80. The van der Waals surface area contributed by atoms with E-state index >= 15 is 0 Å². The Balaban J connectivity index is 2.17. The Morgan fingerprint density at radius 2 is 1.92 bits per heavy atom. The molecule has 0 amide bonds. The fourth-order valence-electron chi connectivity index (χ4n) is 3.15. The summed E-state index contributed by atoms with van der Waals surface area (Å²) >= 11 is 1.73. The van der Waals surface area contributed by atoms with Crippen molar-refractivity contribution in [3.63, 3.8) is 0 Å². The molecular weight excluding hydrogens is 346 g/mol. The Bertz CT molecular complexity index is 1070. The highest BCUT2D eigenvalue weighted by molar-refractivity contribution is 8.00. The Morgan fingerprint density at radius 3 is 2.65 bits per heavy atom. The molecule has 26 heavy (non-hydrogen) atoms. The van der Waals surface area contributed by atoms with Crippen molar-refractivity contribution in [2.45, 2.75) is 37.5 Å². The van der Waals surface area contributed by atoms with Crippen LogP contribution < -0.4 is 17.0 Å². The van der Waals surface area contributed by atoms with Crippen LogP contribution in [0.15, 0.2) is 50.9 Å². The first-order chi connectivity index (χ1) is 12.4. The maximum atomic E-state index is 12.5. The molecule has 0 radical (unpaired) electrons. The first-order valence-corrected chi connectivity index (χ1v) is 9.47. The van der Waals surface area contributed by atoms with Crippen LogP contribution in [0.2, 0.25) is 0 Å². The number of aryl methyl sites for hydroxylation is 2. The van der Waals surface area contributed by atoms with E-state index in [0.29, 0.717) is 24.0 Å². The van der Waals surface area contributed by atoms with Crippen molar-refractivity contribution in [1.82, 2.24) is 9.55 Å². The summed E-state index contributed by atoms with van der Waals surface area (Å²) in [6.07, 6.45) is 0. The van der Waals surface area contributed by atoms with E-state index in [1.165, 1.54) is 5.56 Å². The second kappa shape index (κ2) is 7.51.